The van der Waals surface area contributed by atoms with Crippen LogP contribution in [-0.2, 0) is 4.79 Å². The van der Waals surface area contributed by atoms with E-state index >= 15 is 0 Å². The molecule has 1 aliphatic rings. The van der Waals surface area contributed by atoms with Gasteiger partial charge in [0, 0.05) is 12.2 Å². The monoisotopic (exact) mass is 320 g/mol. The van der Waals surface area contributed by atoms with Crippen LogP contribution in [0, 0.1) is 6.92 Å². The van der Waals surface area contributed by atoms with Crippen LogP contribution in [0.3, 0.4) is 0 Å². The highest BCUT2D eigenvalue weighted by Gasteiger charge is 2.42. The standard InChI is InChI=1S/C20H20N2O2/c1-15-10-12-18(13-11-15)22-16(2)19(23)21(20(22)24)14-6-9-17-7-4-3-5-8-17/h3-13,16H,14H2,1-2H3/b9-6+. The van der Waals surface area contributed by atoms with Crippen LogP contribution in [-0.4, -0.2) is 29.4 Å². The lowest BCUT2D eigenvalue weighted by Gasteiger charge is -2.19. The molecule has 0 radical (unpaired) electrons. The minimum absolute atomic E-state index is 0.168. The van der Waals surface area contributed by atoms with Crippen LogP contribution in [0.5, 0.6) is 0 Å². The van der Waals surface area contributed by atoms with Crippen LogP contribution < -0.4 is 4.90 Å². The predicted molar refractivity (Wildman–Crippen MR) is 95.7 cm³/mol. The van der Waals surface area contributed by atoms with Crippen molar-refractivity contribution in [2.45, 2.75) is 19.9 Å². The quantitative estimate of drug-likeness (QED) is 0.803. The van der Waals surface area contributed by atoms with Crippen LogP contribution in [0.15, 0.2) is 60.7 Å². The van der Waals surface area contributed by atoms with E-state index in [1.807, 2.05) is 73.7 Å². The summed E-state index contributed by atoms with van der Waals surface area (Å²) in [5.74, 6) is -0.168. The van der Waals surface area contributed by atoms with Crippen LogP contribution in [0.1, 0.15) is 18.1 Å². The fraction of sp³-hybridized carbons (Fsp3) is 0.200. The molecule has 1 unspecified atom stereocenters. The highest BCUT2D eigenvalue weighted by molar-refractivity contribution is 6.14. The van der Waals surface area contributed by atoms with Gasteiger partial charge in [0.15, 0.2) is 0 Å². The summed E-state index contributed by atoms with van der Waals surface area (Å²) in [5.41, 5.74) is 2.91. The zero-order chi connectivity index (χ0) is 17.1. The number of rotatable bonds is 4. The van der Waals surface area contributed by atoms with Crippen molar-refractivity contribution in [2.24, 2.45) is 0 Å². The molecule has 122 valence electrons. The lowest BCUT2D eigenvalue weighted by atomic mass is 10.2. The molecule has 4 nitrogen and oxygen atoms in total. The number of nitrogens with zero attached hydrogens (tertiary/aromatic N) is 2. The Morgan fingerprint density at radius 2 is 1.67 bits per heavy atom. The first-order chi connectivity index (χ1) is 11.6. The lowest BCUT2D eigenvalue weighted by Crippen LogP contribution is -2.33. The Bertz CT molecular complexity index is 766. The first-order valence-electron chi connectivity index (χ1n) is 8.01. The molecule has 1 fully saturated rings. The van der Waals surface area contributed by atoms with Gasteiger partial charge in [0.25, 0.3) is 5.91 Å². The van der Waals surface area contributed by atoms with Gasteiger partial charge in [-0.05, 0) is 31.5 Å². The molecule has 2 aromatic carbocycles. The van der Waals surface area contributed by atoms with E-state index < -0.39 is 6.04 Å². The van der Waals surface area contributed by atoms with Crippen LogP contribution in [0.25, 0.3) is 6.08 Å². The average Bonchev–Trinajstić information content (AvgIpc) is 2.80. The van der Waals surface area contributed by atoms with Gasteiger partial charge in [0.1, 0.15) is 6.04 Å². The highest BCUT2D eigenvalue weighted by Crippen LogP contribution is 2.26. The summed E-state index contributed by atoms with van der Waals surface area (Å²) in [7, 11) is 0. The van der Waals surface area contributed by atoms with Gasteiger partial charge < -0.3 is 0 Å². The number of benzene rings is 2. The fourth-order valence-corrected chi connectivity index (χ4v) is 2.79. The number of hydrogen-bond donors (Lipinski definition) is 0. The van der Waals surface area contributed by atoms with Gasteiger partial charge >= 0.3 is 6.03 Å². The van der Waals surface area contributed by atoms with Crippen molar-refractivity contribution in [1.82, 2.24) is 4.90 Å². The van der Waals surface area contributed by atoms with Crippen LogP contribution >= 0.6 is 0 Å². The van der Waals surface area contributed by atoms with Crippen molar-refractivity contribution in [3.63, 3.8) is 0 Å². The summed E-state index contributed by atoms with van der Waals surface area (Å²) in [6.07, 6.45) is 3.76. The van der Waals surface area contributed by atoms with Crippen molar-refractivity contribution in [1.29, 1.82) is 0 Å². The van der Waals surface area contributed by atoms with Crippen LogP contribution in [0.4, 0.5) is 10.5 Å². The largest absolute Gasteiger partial charge is 0.332 e. The fourth-order valence-electron chi connectivity index (χ4n) is 2.79. The molecule has 4 heteroatoms. The average molecular weight is 320 g/mol. The predicted octanol–water partition coefficient (Wildman–Crippen LogP) is 3.87. The zero-order valence-electron chi connectivity index (χ0n) is 13.8. The Labute approximate surface area is 142 Å². The topological polar surface area (TPSA) is 40.6 Å². The number of urea groups is 1. The third-order valence-corrected chi connectivity index (χ3v) is 4.16. The first kappa shape index (κ1) is 16.0. The molecule has 24 heavy (non-hydrogen) atoms. The molecule has 1 aliphatic heterocycles. The molecule has 3 rings (SSSR count). The van der Waals surface area contributed by atoms with Gasteiger partial charge in [-0.3, -0.25) is 14.6 Å². The van der Waals surface area contributed by atoms with Gasteiger partial charge in [-0.15, -0.1) is 0 Å². The van der Waals surface area contributed by atoms with E-state index in [1.165, 1.54) is 4.90 Å². The first-order valence-corrected chi connectivity index (χ1v) is 8.01. The molecule has 0 aliphatic carbocycles. The minimum atomic E-state index is -0.481. The molecule has 2 aromatic rings. The molecule has 0 aromatic heterocycles. The summed E-state index contributed by atoms with van der Waals surface area (Å²) in [4.78, 5) is 27.9. The van der Waals surface area contributed by atoms with Gasteiger partial charge in [-0.2, -0.15) is 0 Å². The Hall–Kier alpha value is -2.88. The van der Waals surface area contributed by atoms with Gasteiger partial charge in [-0.25, -0.2) is 4.79 Å². The summed E-state index contributed by atoms with van der Waals surface area (Å²) < 4.78 is 0. The van der Waals surface area contributed by atoms with Gasteiger partial charge in [0.2, 0.25) is 0 Å². The molecule has 0 spiro atoms. The van der Waals surface area contributed by atoms with Gasteiger partial charge in [-0.1, -0.05) is 60.2 Å². The van der Waals surface area contributed by atoms with E-state index in [0.717, 1.165) is 16.8 Å². The van der Waals surface area contributed by atoms with Crippen molar-refractivity contribution in [3.8, 4) is 0 Å². The lowest BCUT2D eigenvalue weighted by molar-refractivity contribution is -0.126. The second-order valence-electron chi connectivity index (χ2n) is 5.93. The Morgan fingerprint density at radius 3 is 2.33 bits per heavy atom. The smallest absolute Gasteiger partial charge is 0.282 e. The number of aryl methyl sites for hydroxylation is 1. The maximum absolute atomic E-state index is 12.7. The molecule has 1 atom stereocenters. The van der Waals surface area contributed by atoms with Crippen LogP contribution in [0.2, 0.25) is 0 Å². The summed E-state index contributed by atoms with van der Waals surface area (Å²) in [5, 5.41) is 0. The molecule has 0 bridgehead atoms. The Morgan fingerprint density at radius 1 is 1.00 bits per heavy atom. The number of carbonyl (C=O) groups excluding carboxylic acids is 2. The number of carbonyl (C=O) groups is 2. The molecular formula is C20H20N2O2. The highest BCUT2D eigenvalue weighted by atomic mass is 16.2. The minimum Gasteiger partial charge on any atom is -0.282 e. The SMILES string of the molecule is Cc1ccc(N2C(=O)N(C/C=C/c3ccccc3)C(=O)C2C)cc1. The normalized spacial score (nSPS) is 18.0. The van der Waals surface area contributed by atoms with E-state index in [9.17, 15) is 9.59 Å². The third kappa shape index (κ3) is 3.08. The maximum atomic E-state index is 12.7. The van der Waals surface area contributed by atoms with Gasteiger partial charge in [0.05, 0.1) is 0 Å². The Balaban J connectivity index is 1.75. The van der Waals surface area contributed by atoms with Crippen molar-refractivity contribution < 1.29 is 9.59 Å². The number of imide groups is 1. The number of anilines is 1. The number of hydrogen-bond acceptors (Lipinski definition) is 2. The molecular weight excluding hydrogens is 300 g/mol. The summed E-state index contributed by atoms with van der Waals surface area (Å²) in [6, 6.07) is 16.7. The van der Waals surface area contributed by atoms with E-state index in [-0.39, 0.29) is 18.5 Å². The third-order valence-electron chi connectivity index (χ3n) is 4.16. The van der Waals surface area contributed by atoms with Crippen molar-refractivity contribution in [3.05, 3.63) is 71.8 Å². The van der Waals surface area contributed by atoms with Crippen molar-refractivity contribution >= 4 is 23.7 Å². The zero-order valence-corrected chi connectivity index (χ0v) is 13.8. The molecule has 1 heterocycles. The molecule has 0 saturated carbocycles. The maximum Gasteiger partial charge on any atom is 0.332 e. The molecule has 0 N–H and O–H groups in total. The molecule has 3 amide bonds. The second kappa shape index (κ2) is 6.71. The van der Waals surface area contributed by atoms with E-state index in [0.29, 0.717) is 0 Å². The summed E-state index contributed by atoms with van der Waals surface area (Å²) in [6.45, 7) is 4.03. The number of amides is 3. The Kier molecular flexibility index (Phi) is 4.47. The second-order valence-corrected chi connectivity index (χ2v) is 5.93. The summed E-state index contributed by atoms with van der Waals surface area (Å²) >= 11 is 0. The van der Waals surface area contributed by atoms with E-state index in [2.05, 4.69) is 0 Å². The molecule has 1 saturated heterocycles. The van der Waals surface area contributed by atoms with E-state index in [1.54, 1.807) is 11.8 Å². The van der Waals surface area contributed by atoms with E-state index in [4.69, 9.17) is 0 Å². The van der Waals surface area contributed by atoms with Crippen molar-refractivity contribution in [2.75, 3.05) is 11.4 Å².